The second-order valence-corrected chi connectivity index (χ2v) is 5.97. The summed E-state index contributed by atoms with van der Waals surface area (Å²) >= 11 is 0. The van der Waals surface area contributed by atoms with E-state index in [-0.39, 0.29) is 0 Å². The van der Waals surface area contributed by atoms with Crippen molar-refractivity contribution in [1.29, 1.82) is 0 Å². The van der Waals surface area contributed by atoms with E-state index >= 15 is 0 Å². The number of anilines is 1. The molecule has 1 saturated heterocycles. The molecule has 2 rings (SSSR count). The van der Waals surface area contributed by atoms with Crippen LogP contribution in [0.4, 0.5) is 5.69 Å². The van der Waals surface area contributed by atoms with Crippen molar-refractivity contribution in [3.05, 3.63) is 24.3 Å². The molecule has 0 aliphatic carbocycles. The fourth-order valence-corrected chi connectivity index (χ4v) is 2.56. The molecule has 1 heterocycles. The van der Waals surface area contributed by atoms with E-state index in [1.165, 1.54) is 18.5 Å². The van der Waals surface area contributed by atoms with Crippen molar-refractivity contribution in [2.75, 3.05) is 37.7 Å². The van der Waals surface area contributed by atoms with Crippen LogP contribution in [-0.4, -0.2) is 32.8 Å². The van der Waals surface area contributed by atoms with Crippen LogP contribution in [0, 0.1) is 5.92 Å². The number of hydrogen-bond donors (Lipinski definition) is 1. The molecular formula is C17H28N2O. The SMILES string of the molecule is CC(C)CCCOc1cccc(N2CCCNCC2)c1. The molecular weight excluding hydrogens is 248 g/mol. The van der Waals surface area contributed by atoms with Gasteiger partial charge < -0.3 is 15.0 Å². The lowest BCUT2D eigenvalue weighted by molar-refractivity contribution is 0.298. The monoisotopic (exact) mass is 276 g/mol. The van der Waals surface area contributed by atoms with E-state index in [1.54, 1.807) is 0 Å². The van der Waals surface area contributed by atoms with Crippen LogP contribution in [0.5, 0.6) is 5.75 Å². The maximum Gasteiger partial charge on any atom is 0.121 e. The number of nitrogens with one attached hydrogen (secondary N) is 1. The van der Waals surface area contributed by atoms with Crippen LogP contribution >= 0.6 is 0 Å². The average molecular weight is 276 g/mol. The lowest BCUT2D eigenvalue weighted by atomic mass is 10.1. The van der Waals surface area contributed by atoms with E-state index in [9.17, 15) is 0 Å². The summed E-state index contributed by atoms with van der Waals surface area (Å²) in [5, 5.41) is 3.44. The predicted octanol–water partition coefficient (Wildman–Crippen LogP) is 3.30. The Kier molecular flexibility index (Phi) is 6.19. The second kappa shape index (κ2) is 8.15. The van der Waals surface area contributed by atoms with E-state index in [2.05, 4.69) is 48.3 Å². The first-order valence-electron chi connectivity index (χ1n) is 7.94. The van der Waals surface area contributed by atoms with E-state index in [0.29, 0.717) is 0 Å². The highest BCUT2D eigenvalue weighted by Gasteiger charge is 2.09. The van der Waals surface area contributed by atoms with Crippen LogP contribution in [0.15, 0.2) is 24.3 Å². The summed E-state index contributed by atoms with van der Waals surface area (Å²) in [5.41, 5.74) is 1.29. The summed E-state index contributed by atoms with van der Waals surface area (Å²) in [5.74, 6) is 1.76. The average Bonchev–Trinajstić information content (AvgIpc) is 2.73. The van der Waals surface area contributed by atoms with Crippen molar-refractivity contribution in [1.82, 2.24) is 5.32 Å². The van der Waals surface area contributed by atoms with Gasteiger partial charge in [-0.3, -0.25) is 0 Å². The summed E-state index contributed by atoms with van der Waals surface area (Å²) in [6.07, 6.45) is 3.58. The van der Waals surface area contributed by atoms with Crippen LogP contribution < -0.4 is 15.0 Å². The van der Waals surface area contributed by atoms with Gasteiger partial charge in [-0.1, -0.05) is 19.9 Å². The third kappa shape index (κ3) is 5.04. The normalized spacial score (nSPS) is 16.2. The zero-order valence-corrected chi connectivity index (χ0v) is 12.9. The van der Waals surface area contributed by atoms with Crippen molar-refractivity contribution in [3.63, 3.8) is 0 Å². The molecule has 1 N–H and O–H groups in total. The Hall–Kier alpha value is -1.22. The van der Waals surface area contributed by atoms with Gasteiger partial charge in [-0.15, -0.1) is 0 Å². The van der Waals surface area contributed by atoms with Crippen molar-refractivity contribution in [2.24, 2.45) is 5.92 Å². The highest BCUT2D eigenvalue weighted by molar-refractivity contribution is 5.50. The number of ether oxygens (including phenoxy) is 1. The zero-order valence-electron chi connectivity index (χ0n) is 12.9. The standard InChI is InChI=1S/C17H28N2O/c1-15(2)6-4-13-20-17-8-3-7-16(14-17)19-11-5-9-18-10-12-19/h3,7-8,14-15,18H,4-6,9-13H2,1-2H3. The van der Waals surface area contributed by atoms with E-state index in [4.69, 9.17) is 4.74 Å². The van der Waals surface area contributed by atoms with Gasteiger partial charge in [0, 0.05) is 31.4 Å². The maximum atomic E-state index is 5.88. The Bertz CT molecular complexity index is 384. The van der Waals surface area contributed by atoms with Gasteiger partial charge in [-0.25, -0.2) is 0 Å². The van der Waals surface area contributed by atoms with Crippen LogP contribution in [-0.2, 0) is 0 Å². The van der Waals surface area contributed by atoms with Crippen molar-refractivity contribution < 1.29 is 4.74 Å². The van der Waals surface area contributed by atoms with Crippen molar-refractivity contribution in [2.45, 2.75) is 33.1 Å². The molecule has 0 amide bonds. The van der Waals surface area contributed by atoms with Gasteiger partial charge in [-0.2, -0.15) is 0 Å². The molecule has 0 spiro atoms. The van der Waals surface area contributed by atoms with Crippen LogP contribution in [0.25, 0.3) is 0 Å². The van der Waals surface area contributed by atoms with Gasteiger partial charge in [0.25, 0.3) is 0 Å². The molecule has 3 heteroatoms. The number of nitrogens with zero attached hydrogens (tertiary/aromatic N) is 1. The molecule has 112 valence electrons. The van der Waals surface area contributed by atoms with Gasteiger partial charge >= 0.3 is 0 Å². The second-order valence-electron chi connectivity index (χ2n) is 5.97. The molecule has 0 aromatic heterocycles. The first-order valence-corrected chi connectivity index (χ1v) is 7.94. The molecule has 1 aromatic rings. The third-order valence-corrected chi connectivity index (χ3v) is 3.72. The Morgan fingerprint density at radius 2 is 2.15 bits per heavy atom. The third-order valence-electron chi connectivity index (χ3n) is 3.72. The largest absolute Gasteiger partial charge is 0.494 e. The summed E-state index contributed by atoms with van der Waals surface area (Å²) in [7, 11) is 0. The van der Waals surface area contributed by atoms with E-state index in [1.807, 2.05) is 0 Å². The Labute approximate surface area is 123 Å². The van der Waals surface area contributed by atoms with Gasteiger partial charge in [0.2, 0.25) is 0 Å². The minimum Gasteiger partial charge on any atom is -0.494 e. The van der Waals surface area contributed by atoms with Gasteiger partial charge in [0.05, 0.1) is 6.61 Å². The van der Waals surface area contributed by atoms with Gasteiger partial charge in [0.15, 0.2) is 0 Å². The molecule has 1 aliphatic heterocycles. The Morgan fingerprint density at radius 1 is 1.25 bits per heavy atom. The summed E-state index contributed by atoms with van der Waals surface area (Å²) in [4.78, 5) is 2.45. The van der Waals surface area contributed by atoms with Crippen molar-refractivity contribution in [3.8, 4) is 5.75 Å². The predicted molar refractivity (Wildman–Crippen MR) is 85.7 cm³/mol. The number of rotatable bonds is 6. The van der Waals surface area contributed by atoms with Crippen LogP contribution in [0.2, 0.25) is 0 Å². The fourth-order valence-electron chi connectivity index (χ4n) is 2.56. The maximum absolute atomic E-state index is 5.88. The molecule has 0 radical (unpaired) electrons. The number of benzene rings is 1. The molecule has 0 bridgehead atoms. The molecule has 20 heavy (non-hydrogen) atoms. The Balaban J connectivity index is 1.86. The zero-order chi connectivity index (χ0) is 14.2. The molecule has 0 unspecified atom stereocenters. The highest BCUT2D eigenvalue weighted by Crippen LogP contribution is 2.22. The summed E-state index contributed by atoms with van der Waals surface area (Å²) < 4.78 is 5.88. The highest BCUT2D eigenvalue weighted by atomic mass is 16.5. The minimum absolute atomic E-state index is 0.759. The molecule has 1 fully saturated rings. The minimum atomic E-state index is 0.759. The fraction of sp³-hybridized carbons (Fsp3) is 0.647. The van der Waals surface area contributed by atoms with Gasteiger partial charge in [-0.05, 0) is 43.9 Å². The first kappa shape index (κ1) is 15.2. The first-order chi connectivity index (χ1) is 9.75. The summed E-state index contributed by atoms with van der Waals surface area (Å²) in [6, 6.07) is 8.54. The topological polar surface area (TPSA) is 24.5 Å². The van der Waals surface area contributed by atoms with Gasteiger partial charge in [0.1, 0.15) is 5.75 Å². The Morgan fingerprint density at radius 3 is 3.00 bits per heavy atom. The van der Waals surface area contributed by atoms with E-state index < -0.39 is 0 Å². The molecule has 3 nitrogen and oxygen atoms in total. The molecule has 1 aliphatic rings. The molecule has 0 atom stereocenters. The van der Waals surface area contributed by atoms with Crippen molar-refractivity contribution >= 4 is 5.69 Å². The quantitative estimate of drug-likeness (QED) is 0.807. The van der Waals surface area contributed by atoms with Crippen LogP contribution in [0.1, 0.15) is 33.1 Å². The smallest absolute Gasteiger partial charge is 0.121 e. The van der Waals surface area contributed by atoms with E-state index in [0.717, 1.165) is 50.9 Å². The number of hydrogen-bond acceptors (Lipinski definition) is 3. The summed E-state index contributed by atoms with van der Waals surface area (Å²) in [6.45, 7) is 9.74. The lowest BCUT2D eigenvalue weighted by Gasteiger charge is -2.22. The van der Waals surface area contributed by atoms with Crippen LogP contribution in [0.3, 0.4) is 0 Å². The lowest BCUT2D eigenvalue weighted by Crippen LogP contribution is -2.27. The molecule has 0 saturated carbocycles. The molecule has 1 aromatic carbocycles.